The molecule has 2 aromatic rings. The standard InChI is InChI=1S/C14H18N4O2/c1-9-12(10(2)18(3)17-9)20-13(14(19)16-15)11-7-5-4-6-8-11/h4-8,13H,15H2,1-3H3,(H,16,19). The predicted molar refractivity (Wildman–Crippen MR) is 74.8 cm³/mol. The molecular formula is C14H18N4O2. The van der Waals surface area contributed by atoms with Crippen LogP contribution < -0.4 is 16.0 Å². The van der Waals surface area contributed by atoms with Gasteiger partial charge in [-0.2, -0.15) is 5.10 Å². The summed E-state index contributed by atoms with van der Waals surface area (Å²) >= 11 is 0. The fourth-order valence-electron chi connectivity index (χ4n) is 2.02. The third-order valence-corrected chi connectivity index (χ3v) is 3.16. The van der Waals surface area contributed by atoms with Crippen LogP contribution in [0.2, 0.25) is 0 Å². The number of carbonyl (C=O) groups is 1. The molecule has 0 spiro atoms. The summed E-state index contributed by atoms with van der Waals surface area (Å²) in [4.78, 5) is 12.0. The molecule has 106 valence electrons. The maximum atomic E-state index is 12.0. The molecule has 6 heteroatoms. The number of aryl methyl sites for hydroxylation is 2. The lowest BCUT2D eigenvalue weighted by molar-refractivity contribution is -0.128. The molecule has 0 saturated carbocycles. The second-order valence-electron chi connectivity index (χ2n) is 4.54. The normalized spacial score (nSPS) is 12.0. The fourth-order valence-corrected chi connectivity index (χ4v) is 2.02. The molecule has 3 N–H and O–H groups in total. The van der Waals surface area contributed by atoms with Crippen LogP contribution in [0.4, 0.5) is 0 Å². The molecule has 0 aliphatic heterocycles. The largest absolute Gasteiger partial charge is 0.472 e. The van der Waals surface area contributed by atoms with Gasteiger partial charge in [0, 0.05) is 12.6 Å². The molecule has 0 aliphatic rings. The first-order valence-electron chi connectivity index (χ1n) is 6.27. The van der Waals surface area contributed by atoms with E-state index in [9.17, 15) is 4.79 Å². The molecular weight excluding hydrogens is 256 g/mol. The van der Waals surface area contributed by atoms with E-state index in [0.717, 1.165) is 17.0 Å². The van der Waals surface area contributed by atoms with Crippen LogP contribution in [0.15, 0.2) is 30.3 Å². The summed E-state index contributed by atoms with van der Waals surface area (Å²) in [5, 5.41) is 4.27. The average molecular weight is 274 g/mol. The molecule has 0 radical (unpaired) electrons. The van der Waals surface area contributed by atoms with Crippen LogP contribution in [-0.2, 0) is 11.8 Å². The number of rotatable bonds is 4. The maximum absolute atomic E-state index is 12.0. The number of hydrogen-bond donors (Lipinski definition) is 2. The van der Waals surface area contributed by atoms with Gasteiger partial charge in [0.15, 0.2) is 5.75 Å². The number of nitrogens with two attached hydrogens (primary N) is 1. The number of ether oxygens (including phenoxy) is 1. The monoisotopic (exact) mass is 274 g/mol. The number of carbonyl (C=O) groups excluding carboxylic acids is 1. The number of hydrazine groups is 1. The minimum absolute atomic E-state index is 0.404. The number of aromatic nitrogens is 2. The molecule has 20 heavy (non-hydrogen) atoms. The van der Waals surface area contributed by atoms with E-state index in [0.29, 0.717) is 5.75 Å². The summed E-state index contributed by atoms with van der Waals surface area (Å²) in [7, 11) is 1.83. The lowest BCUT2D eigenvalue weighted by Gasteiger charge is -2.18. The topological polar surface area (TPSA) is 82.2 Å². The predicted octanol–water partition coefficient (Wildman–Crippen LogP) is 1.15. The van der Waals surface area contributed by atoms with Crippen LogP contribution in [-0.4, -0.2) is 15.7 Å². The summed E-state index contributed by atoms with van der Waals surface area (Å²) in [6.45, 7) is 3.72. The molecule has 2 rings (SSSR count). The van der Waals surface area contributed by atoms with Crippen molar-refractivity contribution >= 4 is 5.91 Å². The van der Waals surface area contributed by atoms with Crippen LogP contribution in [0.3, 0.4) is 0 Å². The molecule has 1 unspecified atom stereocenters. The van der Waals surface area contributed by atoms with Crippen molar-refractivity contribution < 1.29 is 9.53 Å². The molecule has 0 bridgehead atoms. The Morgan fingerprint density at radius 3 is 2.50 bits per heavy atom. The Balaban J connectivity index is 2.36. The number of nitrogens with one attached hydrogen (secondary N) is 1. The Morgan fingerprint density at radius 1 is 1.35 bits per heavy atom. The molecule has 0 aliphatic carbocycles. The lowest BCUT2D eigenvalue weighted by Crippen LogP contribution is -2.37. The highest BCUT2D eigenvalue weighted by molar-refractivity contribution is 5.82. The summed E-state index contributed by atoms with van der Waals surface area (Å²) in [6, 6.07) is 9.21. The van der Waals surface area contributed by atoms with Crippen molar-refractivity contribution in [2.45, 2.75) is 20.0 Å². The Hall–Kier alpha value is -2.34. The van der Waals surface area contributed by atoms with Crippen LogP contribution in [0, 0.1) is 13.8 Å². The summed E-state index contributed by atoms with van der Waals surface area (Å²) in [5.74, 6) is 5.44. The lowest BCUT2D eigenvalue weighted by atomic mass is 10.1. The van der Waals surface area contributed by atoms with Gasteiger partial charge in [0.25, 0.3) is 5.91 Å². The number of nitrogens with zero attached hydrogens (tertiary/aromatic N) is 2. The number of benzene rings is 1. The van der Waals surface area contributed by atoms with Crippen molar-refractivity contribution in [1.29, 1.82) is 0 Å². The molecule has 6 nitrogen and oxygen atoms in total. The van der Waals surface area contributed by atoms with Gasteiger partial charge in [0.05, 0.1) is 5.69 Å². The fraction of sp³-hybridized carbons (Fsp3) is 0.286. The van der Waals surface area contributed by atoms with E-state index < -0.39 is 12.0 Å². The van der Waals surface area contributed by atoms with Crippen molar-refractivity contribution in [3.8, 4) is 5.75 Å². The highest BCUT2D eigenvalue weighted by atomic mass is 16.5. The van der Waals surface area contributed by atoms with Crippen LogP contribution in [0.25, 0.3) is 0 Å². The van der Waals surface area contributed by atoms with Gasteiger partial charge in [-0.15, -0.1) is 0 Å². The van der Waals surface area contributed by atoms with E-state index in [1.54, 1.807) is 4.68 Å². The van der Waals surface area contributed by atoms with Gasteiger partial charge >= 0.3 is 0 Å². The zero-order valence-corrected chi connectivity index (χ0v) is 11.8. The molecule has 0 fully saturated rings. The quantitative estimate of drug-likeness (QED) is 0.498. The highest BCUT2D eigenvalue weighted by Crippen LogP contribution is 2.28. The number of hydrogen-bond acceptors (Lipinski definition) is 4. The Morgan fingerprint density at radius 2 is 2.00 bits per heavy atom. The van der Waals surface area contributed by atoms with Crippen molar-refractivity contribution in [2.24, 2.45) is 12.9 Å². The Labute approximate surface area is 117 Å². The molecule has 1 amide bonds. The maximum Gasteiger partial charge on any atom is 0.279 e. The van der Waals surface area contributed by atoms with E-state index in [1.165, 1.54) is 0 Å². The molecule has 1 aromatic carbocycles. The van der Waals surface area contributed by atoms with Gasteiger partial charge in [-0.1, -0.05) is 30.3 Å². The molecule has 1 aromatic heterocycles. The smallest absolute Gasteiger partial charge is 0.279 e. The van der Waals surface area contributed by atoms with E-state index >= 15 is 0 Å². The van der Waals surface area contributed by atoms with Crippen LogP contribution in [0.5, 0.6) is 5.75 Å². The van der Waals surface area contributed by atoms with Crippen molar-refractivity contribution in [3.63, 3.8) is 0 Å². The van der Waals surface area contributed by atoms with E-state index in [4.69, 9.17) is 10.6 Å². The van der Waals surface area contributed by atoms with Crippen molar-refractivity contribution in [3.05, 3.63) is 47.3 Å². The van der Waals surface area contributed by atoms with Gasteiger partial charge < -0.3 is 4.74 Å². The minimum Gasteiger partial charge on any atom is -0.472 e. The highest BCUT2D eigenvalue weighted by Gasteiger charge is 2.24. The minimum atomic E-state index is -0.803. The van der Waals surface area contributed by atoms with Gasteiger partial charge in [-0.25, -0.2) is 5.84 Å². The first-order valence-corrected chi connectivity index (χ1v) is 6.27. The SMILES string of the molecule is Cc1nn(C)c(C)c1OC(C(=O)NN)c1ccccc1. The Bertz CT molecular complexity index is 607. The first kappa shape index (κ1) is 14.1. The molecule has 1 heterocycles. The van der Waals surface area contributed by atoms with Gasteiger partial charge in [0.1, 0.15) is 5.69 Å². The summed E-state index contributed by atoms with van der Waals surface area (Å²) < 4.78 is 7.58. The third-order valence-electron chi connectivity index (χ3n) is 3.16. The number of amides is 1. The second kappa shape index (κ2) is 5.75. The van der Waals surface area contributed by atoms with Gasteiger partial charge in [-0.3, -0.25) is 14.9 Å². The van der Waals surface area contributed by atoms with Crippen LogP contribution >= 0.6 is 0 Å². The van der Waals surface area contributed by atoms with E-state index in [-0.39, 0.29) is 0 Å². The Kier molecular flexibility index (Phi) is 4.05. The zero-order chi connectivity index (χ0) is 14.7. The third kappa shape index (κ3) is 2.65. The van der Waals surface area contributed by atoms with Crippen molar-refractivity contribution in [1.82, 2.24) is 15.2 Å². The molecule has 0 saturated heterocycles. The first-order chi connectivity index (χ1) is 9.54. The summed E-state index contributed by atoms with van der Waals surface area (Å²) in [5.41, 5.74) is 4.46. The van der Waals surface area contributed by atoms with Crippen molar-refractivity contribution in [2.75, 3.05) is 0 Å². The van der Waals surface area contributed by atoms with Gasteiger partial charge in [0.2, 0.25) is 6.10 Å². The van der Waals surface area contributed by atoms with Crippen LogP contribution in [0.1, 0.15) is 23.1 Å². The van der Waals surface area contributed by atoms with Gasteiger partial charge in [-0.05, 0) is 13.8 Å². The summed E-state index contributed by atoms with van der Waals surface area (Å²) in [6.07, 6.45) is -0.803. The second-order valence-corrected chi connectivity index (χ2v) is 4.54. The zero-order valence-electron chi connectivity index (χ0n) is 11.8. The average Bonchev–Trinajstić information content (AvgIpc) is 2.70. The molecule has 1 atom stereocenters. The van der Waals surface area contributed by atoms with E-state index in [2.05, 4.69) is 10.5 Å². The van der Waals surface area contributed by atoms with E-state index in [1.807, 2.05) is 51.2 Å².